The molecule has 0 N–H and O–H groups in total. The molecule has 1 aromatic carbocycles. The van der Waals surface area contributed by atoms with Crippen LogP contribution in [0.4, 0.5) is 0 Å². The van der Waals surface area contributed by atoms with Crippen LogP contribution < -0.4 is 4.74 Å². The average molecular weight is 294 g/mol. The minimum atomic E-state index is -3.66. The van der Waals surface area contributed by atoms with Gasteiger partial charge in [0.25, 0.3) is 10.0 Å². The second-order valence-corrected chi connectivity index (χ2v) is 6.37. The summed E-state index contributed by atoms with van der Waals surface area (Å²) in [4.78, 5) is 0.223. The molecular weight excluding hydrogens is 276 g/mol. The second-order valence-electron chi connectivity index (χ2n) is 4.60. The maximum absolute atomic E-state index is 12.6. The van der Waals surface area contributed by atoms with Crippen molar-refractivity contribution in [3.63, 3.8) is 0 Å². The fourth-order valence-corrected chi connectivity index (χ4v) is 3.54. The summed E-state index contributed by atoms with van der Waals surface area (Å²) in [7, 11) is -2.08. The topological polar surface area (TPSA) is 61.2 Å². The predicted octanol–water partition coefficient (Wildman–Crippen LogP) is 2.31. The summed E-state index contributed by atoms with van der Waals surface area (Å²) < 4.78 is 31.5. The van der Waals surface area contributed by atoms with Crippen molar-refractivity contribution in [3.05, 3.63) is 41.2 Å². The molecule has 0 aliphatic carbocycles. The monoisotopic (exact) mass is 294 g/mol. The molecule has 0 radical (unpaired) electrons. The van der Waals surface area contributed by atoms with E-state index < -0.39 is 10.0 Å². The number of benzene rings is 1. The summed E-state index contributed by atoms with van der Waals surface area (Å²) in [6.07, 6.45) is 0.698. The molecule has 1 aromatic heterocycles. The van der Waals surface area contributed by atoms with Gasteiger partial charge in [-0.3, -0.25) is 0 Å². The predicted molar refractivity (Wildman–Crippen MR) is 76.7 cm³/mol. The van der Waals surface area contributed by atoms with Crippen LogP contribution in [0, 0.1) is 13.8 Å². The van der Waals surface area contributed by atoms with Gasteiger partial charge in [0, 0.05) is 0 Å². The van der Waals surface area contributed by atoms with Gasteiger partial charge in [0.2, 0.25) is 0 Å². The zero-order chi connectivity index (χ0) is 14.9. The SMILES string of the molecule is CCc1cc(S(=O)(=O)n2nc(C)cc2C)ccc1OC. The van der Waals surface area contributed by atoms with Gasteiger partial charge >= 0.3 is 0 Å². The first-order valence-corrected chi connectivity index (χ1v) is 7.80. The van der Waals surface area contributed by atoms with Crippen LogP contribution in [0.15, 0.2) is 29.2 Å². The molecule has 0 aliphatic heterocycles. The van der Waals surface area contributed by atoms with Gasteiger partial charge in [-0.25, -0.2) is 0 Å². The Morgan fingerprint density at radius 1 is 1.25 bits per heavy atom. The first-order chi connectivity index (χ1) is 9.40. The molecule has 0 amide bonds. The van der Waals surface area contributed by atoms with Crippen molar-refractivity contribution in [2.24, 2.45) is 0 Å². The van der Waals surface area contributed by atoms with Gasteiger partial charge in [0.15, 0.2) is 0 Å². The van der Waals surface area contributed by atoms with Gasteiger partial charge < -0.3 is 4.74 Å². The number of methoxy groups -OCH3 is 1. The average Bonchev–Trinajstić information content (AvgIpc) is 2.77. The zero-order valence-electron chi connectivity index (χ0n) is 12.0. The molecule has 0 aliphatic rings. The number of aromatic nitrogens is 2. The number of aryl methyl sites for hydroxylation is 3. The lowest BCUT2D eigenvalue weighted by molar-refractivity contribution is 0.409. The molecule has 0 atom stereocenters. The maximum atomic E-state index is 12.6. The van der Waals surface area contributed by atoms with Crippen LogP contribution in [-0.4, -0.2) is 24.7 Å². The first-order valence-electron chi connectivity index (χ1n) is 6.36. The molecular formula is C14H18N2O3S. The summed E-state index contributed by atoms with van der Waals surface area (Å²) in [5.74, 6) is 0.694. The summed E-state index contributed by atoms with van der Waals surface area (Å²) in [5.41, 5.74) is 2.13. The third-order valence-electron chi connectivity index (χ3n) is 3.13. The number of nitrogens with zero attached hydrogens (tertiary/aromatic N) is 2. The standard InChI is InChI=1S/C14H18N2O3S/c1-5-12-9-13(6-7-14(12)19-4)20(17,18)16-11(3)8-10(2)15-16/h6-9H,5H2,1-4H3. The summed E-state index contributed by atoms with van der Waals surface area (Å²) >= 11 is 0. The van der Waals surface area contributed by atoms with Gasteiger partial charge in [0.1, 0.15) is 5.75 Å². The maximum Gasteiger partial charge on any atom is 0.283 e. The Labute approximate surface area is 119 Å². The van der Waals surface area contributed by atoms with Crippen LogP contribution >= 0.6 is 0 Å². The van der Waals surface area contributed by atoms with E-state index in [0.717, 1.165) is 9.65 Å². The van der Waals surface area contributed by atoms with Crippen LogP contribution in [0.3, 0.4) is 0 Å². The third-order valence-corrected chi connectivity index (χ3v) is 4.80. The molecule has 0 saturated carbocycles. The lowest BCUT2D eigenvalue weighted by atomic mass is 10.1. The number of ether oxygens (including phenoxy) is 1. The van der Waals surface area contributed by atoms with E-state index in [1.165, 1.54) is 0 Å². The van der Waals surface area contributed by atoms with Crippen LogP contribution in [0.2, 0.25) is 0 Å². The van der Waals surface area contributed by atoms with Gasteiger partial charge in [-0.1, -0.05) is 6.92 Å². The molecule has 20 heavy (non-hydrogen) atoms. The van der Waals surface area contributed by atoms with E-state index >= 15 is 0 Å². The highest BCUT2D eigenvalue weighted by Crippen LogP contribution is 2.24. The van der Waals surface area contributed by atoms with Crippen molar-refractivity contribution in [1.29, 1.82) is 0 Å². The van der Waals surface area contributed by atoms with Crippen molar-refractivity contribution in [2.45, 2.75) is 32.1 Å². The Morgan fingerprint density at radius 3 is 2.45 bits per heavy atom. The molecule has 0 unspecified atom stereocenters. The fourth-order valence-electron chi connectivity index (χ4n) is 2.14. The van der Waals surface area contributed by atoms with Gasteiger partial charge in [0.05, 0.1) is 23.4 Å². The van der Waals surface area contributed by atoms with E-state index in [0.29, 0.717) is 23.6 Å². The van der Waals surface area contributed by atoms with Crippen molar-refractivity contribution < 1.29 is 13.2 Å². The third kappa shape index (κ3) is 2.43. The summed E-state index contributed by atoms with van der Waals surface area (Å²) in [5, 5.41) is 4.05. The molecule has 1 heterocycles. The molecule has 2 rings (SSSR count). The van der Waals surface area contributed by atoms with Crippen LogP contribution in [0.5, 0.6) is 5.75 Å². The molecule has 0 bridgehead atoms. The Balaban J connectivity index is 2.58. The van der Waals surface area contributed by atoms with Crippen molar-refractivity contribution in [1.82, 2.24) is 9.19 Å². The molecule has 5 nitrogen and oxygen atoms in total. The molecule has 0 spiro atoms. The van der Waals surface area contributed by atoms with E-state index in [9.17, 15) is 8.42 Å². The van der Waals surface area contributed by atoms with E-state index in [4.69, 9.17) is 4.74 Å². The Morgan fingerprint density at radius 2 is 1.95 bits per heavy atom. The number of hydrogen-bond donors (Lipinski definition) is 0. The molecule has 0 saturated heterocycles. The highest BCUT2D eigenvalue weighted by molar-refractivity contribution is 7.89. The molecule has 6 heteroatoms. The summed E-state index contributed by atoms with van der Waals surface area (Å²) in [6.45, 7) is 5.45. The van der Waals surface area contributed by atoms with Gasteiger partial charge in [-0.2, -0.15) is 17.6 Å². The zero-order valence-corrected chi connectivity index (χ0v) is 12.9. The molecule has 108 valence electrons. The first kappa shape index (κ1) is 14.6. The second kappa shape index (κ2) is 5.28. The van der Waals surface area contributed by atoms with E-state index in [1.807, 2.05) is 6.92 Å². The fraction of sp³-hybridized carbons (Fsp3) is 0.357. The van der Waals surface area contributed by atoms with Crippen LogP contribution in [-0.2, 0) is 16.4 Å². The lowest BCUT2D eigenvalue weighted by Gasteiger charge is -2.11. The normalized spacial score (nSPS) is 11.6. The van der Waals surface area contributed by atoms with Crippen molar-refractivity contribution in [3.8, 4) is 5.75 Å². The van der Waals surface area contributed by atoms with Gasteiger partial charge in [-0.05, 0) is 50.1 Å². The van der Waals surface area contributed by atoms with E-state index in [2.05, 4.69) is 5.10 Å². The quantitative estimate of drug-likeness (QED) is 0.868. The minimum Gasteiger partial charge on any atom is -0.496 e. The molecule has 0 fully saturated rings. The van der Waals surface area contributed by atoms with Crippen molar-refractivity contribution in [2.75, 3.05) is 7.11 Å². The summed E-state index contributed by atoms with van der Waals surface area (Å²) in [6, 6.07) is 6.60. The highest BCUT2D eigenvalue weighted by Gasteiger charge is 2.21. The lowest BCUT2D eigenvalue weighted by Crippen LogP contribution is -2.16. The largest absolute Gasteiger partial charge is 0.496 e. The molecule has 2 aromatic rings. The highest BCUT2D eigenvalue weighted by atomic mass is 32.2. The van der Waals surface area contributed by atoms with Gasteiger partial charge in [-0.15, -0.1) is 0 Å². The Kier molecular flexibility index (Phi) is 3.85. The number of hydrogen-bond acceptors (Lipinski definition) is 4. The minimum absolute atomic E-state index is 0.223. The van der Waals surface area contributed by atoms with E-state index in [1.54, 1.807) is 45.2 Å². The Hall–Kier alpha value is -1.82. The smallest absolute Gasteiger partial charge is 0.283 e. The number of rotatable bonds is 4. The van der Waals surface area contributed by atoms with Crippen molar-refractivity contribution >= 4 is 10.0 Å². The van der Waals surface area contributed by atoms with Crippen LogP contribution in [0.25, 0.3) is 0 Å². The van der Waals surface area contributed by atoms with E-state index in [-0.39, 0.29) is 4.90 Å². The van der Waals surface area contributed by atoms with Crippen LogP contribution in [0.1, 0.15) is 23.9 Å². The Bertz CT molecular complexity index is 733.